The Balaban J connectivity index is 1.47. The normalized spacial score (nSPS) is 13.2. The summed E-state index contributed by atoms with van der Waals surface area (Å²) in [5.74, 6) is 1.71. The van der Waals surface area contributed by atoms with Gasteiger partial charge in [0.2, 0.25) is 5.88 Å². The molecular formula is C23H27N7OS. The number of aryl methyl sites for hydroxylation is 3. The van der Waals surface area contributed by atoms with Crippen LogP contribution in [0.3, 0.4) is 0 Å². The molecule has 0 aliphatic heterocycles. The average molecular weight is 450 g/mol. The van der Waals surface area contributed by atoms with E-state index < -0.39 is 0 Å². The van der Waals surface area contributed by atoms with Crippen LogP contribution in [0.5, 0.6) is 5.88 Å². The van der Waals surface area contributed by atoms with Crippen LogP contribution < -0.4 is 9.64 Å². The Morgan fingerprint density at radius 3 is 2.75 bits per heavy atom. The molecule has 5 rings (SSSR count). The van der Waals surface area contributed by atoms with Crippen molar-refractivity contribution in [1.82, 2.24) is 29.3 Å². The van der Waals surface area contributed by atoms with E-state index in [0.717, 1.165) is 47.3 Å². The van der Waals surface area contributed by atoms with Crippen molar-refractivity contribution in [2.24, 2.45) is 0 Å². The van der Waals surface area contributed by atoms with Gasteiger partial charge in [-0.1, -0.05) is 0 Å². The Hall–Kier alpha value is -3.20. The lowest BCUT2D eigenvalue weighted by molar-refractivity contribution is 0.396. The zero-order valence-electron chi connectivity index (χ0n) is 18.9. The van der Waals surface area contributed by atoms with E-state index >= 15 is 0 Å². The lowest BCUT2D eigenvalue weighted by Crippen LogP contribution is -2.16. The van der Waals surface area contributed by atoms with Gasteiger partial charge in [-0.25, -0.2) is 19.6 Å². The third-order valence-electron chi connectivity index (χ3n) is 5.88. The number of ether oxygens (including phenoxy) is 1. The van der Waals surface area contributed by atoms with Crippen LogP contribution in [0.2, 0.25) is 0 Å². The predicted octanol–water partition coefficient (Wildman–Crippen LogP) is 4.57. The van der Waals surface area contributed by atoms with Crippen molar-refractivity contribution in [3.8, 4) is 23.0 Å². The molecule has 0 bridgehead atoms. The van der Waals surface area contributed by atoms with Crippen molar-refractivity contribution >= 4 is 22.3 Å². The standard InChI is InChI=1S/C23H27N7OS/c1-5-30-22(16-8-6-7-9-17(16)27-30)28(3)23-26-19(13-32-23)18-10-11-20(21(25-18)31-4)29-12-15(2)24-14-29/h10-14H,5-9H2,1-4H3. The van der Waals surface area contributed by atoms with E-state index in [1.54, 1.807) is 24.8 Å². The van der Waals surface area contributed by atoms with Gasteiger partial charge in [-0.2, -0.15) is 5.10 Å². The van der Waals surface area contributed by atoms with E-state index in [1.807, 2.05) is 35.2 Å². The van der Waals surface area contributed by atoms with E-state index in [9.17, 15) is 0 Å². The Kier molecular flexibility index (Phi) is 5.42. The minimum Gasteiger partial charge on any atom is -0.479 e. The molecule has 4 aromatic rings. The third-order valence-corrected chi connectivity index (χ3v) is 6.79. The van der Waals surface area contributed by atoms with Crippen LogP contribution in [0.25, 0.3) is 17.1 Å². The number of hydrogen-bond donors (Lipinski definition) is 0. The van der Waals surface area contributed by atoms with E-state index in [0.29, 0.717) is 5.88 Å². The molecule has 0 atom stereocenters. The molecule has 1 aliphatic carbocycles. The summed E-state index contributed by atoms with van der Waals surface area (Å²) in [4.78, 5) is 16.1. The van der Waals surface area contributed by atoms with Crippen molar-refractivity contribution in [2.45, 2.75) is 46.1 Å². The summed E-state index contributed by atoms with van der Waals surface area (Å²) in [5.41, 5.74) is 6.02. The molecule has 0 amide bonds. The number of nitrogens with zero attached hydrogens (tertiary/aromatic N) is 7. The Labute approximate surface area is 191 Å². The fourth-order valence-corrected chi connectivity index (χ4v) is 5.07. The highest BCUT2D eigenvalue weighted by Gasteiger charge is 2.24. The van der Waals surface area contributed by atoms with Gasteiger partial charge in [-0.3, -0.25) is 0 Å². The van der Waals surface area contributed by atoms with E-state index in [-0.39, 0.29) is 0 Å². The second-order valence-corrected chi connectivity index (χ2v) is 8.83. The molecule has 0 radical (unpaired) electrons. The van der Waals surface area contributed by atoms with Crippen LogP contribution in [0.1, 0.15) is 36.7 Å². The van der Waals surface area contributed by atoms with Crippen LogP contribution in [-0.2, 0) is 19.4 Å². The molecule has 0 saturated heterocycles. The van der Waals surface area contributed by atoms with Crippen molar-refractivity contribution in [1.29, 1.82) is 0 Å². The van der Waals surface area contributed by atoms with Gasteiger partial charge in [0.05, 0.1) is 30.5 Å². The van der Waals surface area contributed by atoms with Crippen LogP contribution in [0.15, 0.2) is 30.0 Å². The first kappa shape index (κ1) is 20.7. The van der Waals surface area contributed by atoms with Crippen molar-refractivity contribution < 1.29 is 4.74 Å². The summed E-state index contributed by atoms with van der Waals surface area (Å²) in [7, 11) is 3.72. The summed E-state index contributed by atoms with van der Waals surface area (Å²) in [5, 5.41) is 7.84. The average Bonchev–Trinajstić information content (AvgIpc) is 3.56. The quantitative estimate of drug-likeness (QED) is 0.429. The largest absolute Gasteiger partial charge is 0.479 e. The number of methoxy groups -OCH3 is 1. The third kappa shape index (κ3) is 3.56. The number of imidazole rings is 1. The summed E-state index contributed by atoms with van der Waals surface area (Å²) >= 11 is 1.62. The SMILES string of the molecule is CCn1nc2c(c1N(C)c1nc(-c3ccc(-n4cnc(C)c4)c(OC)n3)cs1)CCCC2. The maximum Gasteiger partial charge on any atom is 0.238 e. The van der Waals surface area contributed by atoms with Gasteiger partial charge in [-0.15, -0.1) is 11.3 Å². The number of aromatic nitrogens is 6. The Morgan fingerprint density at radius 1 is 1.16 bits per heavy atom. The minimum atomic E-state index is 0.543. The molecule has 0 N–H and O–H groups in total. The summed E-state index contributed by atoms with van der Waals surface area (Å²) in [6, 6.07) is 3.97. The lowest BCUT2D eigenvalue weighted by Gasteiger charge is -2.20. The summed E-state index contributed by atoms with van der Waals surface area (Å²) in [6.07, 6.45) is 8.31. The molecule has 4 heterocycles. The maximum atomic E-state index is 5.57. The highest BCUT2D eigenvalue weighted by atomic mass is 32.1. The van der Waals surface area contributed by atoms with Gasteiger partial charge in [0.15, 0.2) is 5.13 Å². The van der Waals surface area contributed by atoms with Gasteiger partial charge in [0.25, 0.3) is 0 Å². The van der Waals surface area contributed by atoms with E-state index in [2.05, 4.69) is 28.5 Å². The lowest BCUT2D eigenvalue weighted by atomic mass is 9.97. The number of thiazole rings is 1. The molecular weight excluding hydrogens is 422 g/mol. The second-order valence-electron chi connectivity index (χ2n) is 7.99. The molecule has 0 aromatic carbocycles. The molecule has 0 spiro atoms. The number of rotatable bonds is 6. The highest BCUT2D eigenvalue weighted by Crippen LogP contribution is 2.36. The fourth-order valence-electron chi connectivity index (χ4n) is 4.29. The summed E-state index contributed by atoms with van der Waals surface area (Å²) < 4.78 is 9.60. The molecule has 32 heavy (non-hydrogen) atoms. The maximum absolute atomic E-state index is 5.57. The molecule has 0 unspecified atom stereocenters. The monoisotopic (exact) mass is 449 g/mol. The molecule has 4 aromatic heterocycles. The number of hydrogen-bond acceptors (Lipinski definition) is 7. The zero-order chi connectivity index (χ0) is 22.2. The van der Waals surface area contributed by atoms with Crippen molar-refractivity contribution in [3.63, 3.8) is 0 Å². The number of pyridine rings is 1. The van der Waals surface area contributed by atoms with E-state index in [1.165, 1.54) is 29.9 Å². The Bertz CT molecular complexity index is 1260. The van der Waals surface area contributed by atoms with Crippen molar-refractivity contribution in [2.75, 3.05) is 19.1 Å². The van der Waals surface area contributed by atoms with Gasteiger partial charge in [-0.05, 0) is 51.7 Å². The predicted molar refractivity (Wildman–Crippen MR) is 126 cm³/mol. The van der Waals surface area contributed by atoms with Crippen LogP contribution >= 0.6 is 11.3 Å². The Morgan fingerprint density at radius 2 is 2.00 bits per heavy atom. The van der Waals surface area contributed by atoms with Gasteiger partial charge in [0, 0.05) is 30.7 Å². The fraction of sp³-hybridized carbons (Fsp3) is 0.391. The first-order chi connectivity index (χ1) is 15.6. The molecule has 1 aliphatic rings. The first-order valence-corrected chi connectivity index (χ1v) is 11.8. The topological polar surface area (TPSA) is 73.9 Å². The van der Waals surface area contributed by atoms with Crippen LogP contribution in [-0.4, -0.2) is 43.5 Å². The van der Waals surface area contributed by atoms with Crippen molar-refractivity contribution in [3.05, 3.63) is 47.0 Å². The second kappa shape index (κ2) is 8.38. The van der Waals surface area contributed by atoms with E-state index in [4.69, 9.17) is 19.8 Å². The van der Waals surface area contributed by atoms with Gasteiger partial charge in [0.1, 0.15) is 17.2 Å². The molecule has 9 heteroatoms. The molecule has 8 nitrogen and oxygen atoms in total. The zero-order valence-corrected chi connectivity index (χ0v) is 19.7. The number of fused-ring (bicyclic) bond motifs is 1. The summed E-state index contributed by atoms with van der Waals surface area (Å²) in [6.45, 7) is 4.95. The number of anilines is 2. The molecule has 166 valence electrons. The minimum absolute atomic E-state index is 0.543. The van der Waals surface area contributed by atoms with Gasteiger partial charge < -0.3 is 14.2 Å². The first-order valence-electron chi connectivity index (χ1n) is 10.9. The smallest absolute Gasteiger partial charge is 0.238 e. The molecule has 0 saturated carbocycles. The van der Waals surface area contributed by atoms with Crippen LogP contribution in [0, 0.1) is 6.92 Å². The van der Waals surface area contributed by atoms with Crippen LogP contribution in [0.4, 0.5) is 10.9 Å². The van der Waals surface area contributed by atoms with Gasteiger partial charge >= 0.3 is 0 Å². The highest BCUT2D eigenvalue weighted by molar-refractivity contribution is 7.14. The molecule has 0 fully saturated rings.